The summed E-state index contributed by atoms with van der Waals surface area (Å²) in [4.78, 5) is 2.00. The van der Waals surface area contributed by atoms with Crippen LogP contribution in [0.4, 0.5) is 0 Å². The molecule has 0 bridgehead atoms. The second kappa shape index (κ2) is 3.57. The van der Waals surface area contributed by atoms with Gasteiger partial charge in [-0.05, 0) is 6.92 Å². The zero-order valence-electron chi connectivity index (χ0n) is 7.05. The monoisotopic (exact) mass is 157 g/mol. The van der Waals surface area contributed by atoms with Gasteiger partial charge in [-0.25, -0.2) is 0 Å². The molecule has 1 atom stereocenters. The van der Waals surface area contributed by atoms with Crippen molar-refractivity contribution in [1.82, 2.24) is 10.2 Å². The van der Waals surface area contributed by atoms with Crippen LogP contribution in [0.25, 0.3) is 0 Å². The van der Waals surface area contributed by atoms with Gasteiger partial charge in [0.1, 0.15) is 0 Å². The van der Waals surface area contributed by atoms with Crippen LogP contribution in [0.3, 0.4) is 0 Å². The lowest BCUT2D eigenvalue weighted by Gasteiger charge is -2.34. The maximum absolute atomic E-state index is 7.52. The van der Waals surface area contributed by atoms with Gasteiger partial charge >= 0.3 is 0 Å². The average Bonchev–Trinajstić information content (AvgIpc) is 2.04. The number of rotatable bonds is 0. The lowest BCUT2D eigenvalue weighted by Crippen LogP contribution is -2.50. The van der Waals surface area contributed by atoms with Crippen LogP contribution in [-0.2, 0) is 4.74 Å². The van der Waals surface area contributed by atoms with E-state index in [0.717, 1.165) is 19.8 Å². The van der Waals surface area contributed by atoms with Crippen LogP contribution in [0.1, 0.15) is 6.92 Å². The molecule has 0 saturated carbocycles. The second-order valence-corrected chi connectivity index (χ2v) is 2.72. The van der Waals surface area contributed by atoms with E-state index in [1.54, 1.807) is 7.05 Å². The van der Waals surface area contributed by atoms with E-state index >= 15 is 0 Å². The third-order valence-electron chi connectivity index (χ3n) is 1.89. The van der Waals surface area contributed by atoms with Crippen molar-refractivity contribution in [1.29, 1.82) is 5.41 Å². The first-order chi connectivity index (χ1) is 5.25. The van der Waals surface area contributed by atoms with Gasteiger partial charge in [0, 0.05) is 13.6 Å². The normalized spacial score (nSPS) is 24.9. The van der Waals surface area contributed by atoms with Crippen molar-refractivity contribution in [3.63, 3.8) is 0 Å². The summed E-state index contributed by atoms with van der Waals surface area (Å²) in [5.74, 6) is 0.487. The van der Waals surface area contributed by atoms with Gasteiger partial charge in [-0.1, -0.05) is 0 Å². The van der Waals surface area contributed by atoms with Crippen molar-refractivity contribution in [2.45, 2.75) is 13.0 Å². The highest BCUT2D eigenvalue weighted by Gasteiger charge is 2.19. The van der Waals surface area contributed by atoms with Crippen LogP contribution in [0.15, 0.2) is 0 Å². The molecule has 4 nitrogen and oxygen atoms in total. The zero-order chi connectivity index (χ0) is 8.27. The molecule has 1 aliphatic heterocycles. The number of morpholine rings is 1. The number of hydrogen-bond donors (Lipinski definition) is 2. The van der Waals surface area contributed by atoms with Gasteiger partial charge in [0.25, 0.3) is 0 Å². The minimum Gasteiger partial charge on any atom is -0.377 e. The molecule has 0 spiro atoms. The van der Waals surface area contributed by atoms with Gasteiger partial charge in [0.2, 0.25) is 0 Å². The molecule has 0 amide bonds. The topological polar surface area (TPSA) is 48.4 Å². The molecule has 0 aromatic heterocycles. The Balaban J connectivity index is 2.47. The summed E-state index contributed by atoms with van der Waals surface area (Å²) in [6.45, 7) is 4.34. The Bertz CT molecular complexity index is 149. The van der Waals surface area contributed by atoms with Crippen molar-refractivity contribution in [3.05, 3.63) is 0 Å². The van der Waals surface area contributed by atoms with E-state index in [1.165, 1.54) is 0 Å². The fourth-order valence-electron chi connectivity index (χ4n) is 1.20. The van der Waals surface area contributed by atoms with Gasteiger partial charge in [-0.3, -0.25) is 5.41 Å². The first-order valence-corrected chi connectivity index (χ1v) is 3.86. The van der Waals surface area contributed by atoms with Gasteiger partial charge < -0.3 is 15.0 Å². The van der Waals surface area contributed by atoms with Crippen LogP contribution in [0, 0.1) is 5.41 Å². The van der Waals surface area contributed by atoms with Crippen LogP contribution in [0.2, 0.25) is 0 Å². The van der Waals surface area contributed by atoms with Crippen molar-refractivity contribution >= 4 is 5.96 Å². The Hall–Kier alpha value is -0.770. The number of ether oxygens (including phenoxy) is 1. The van der Waals surface area contributed by atoms with Crippen LogP contribution in [-0.4, -0.2) is 43.7 Å². The van der Waals surface area contributed by atoms with Crippen LogP contribution < -0.4 is 5.32 Å². The summed E-state index contributed by atoms with van der Waals surface area (Å²) in [7, 11) is 1.77. The summed E-state index contributed by atoms with van der Waals surface area (Å²) in [5.41, 5.74) is 0. The van der Waals surface area contributed by atoms with E-state index in [-0.39, 0.29) is 0 Å². The van der Waals surface area contributed by atoms with Crippen LogP contribution >= 0.6 is 0 Å². The summed E-state index contributed by atoms with van der Waals surface area (Å²) >= 11 is 0. The van der Waals surface area contributed by atoms with Gasteiger partial charge in [0.15, 0.2) is 5.96 Å². The molecule has 0 aliphatic carbocycles. The molecule has 4 heteroatoms. The van der Waals surface area contributed by atoms with Crippen molar-refractivity contribution < 1.29 is 4.74 Å². The molecule has 1 fully saturated rings. The van der Waals surface area contributed by atoms with Crippen molar-refractivity contribution in [2.75, 3.05) is 26.8 Å². The van der Waals surface area contributed by atoms with E-state index in [4.69, 9.17) is 10.1 Å². The molecule has 0 radical (unpaired) electrons. The summed E-state index contributed by atoms with van der Waals surface area (Å²) in [5, 5.41) is 10.3. The maximum atomic E-state index is 7.52. The molecular formula is C7H15N3O. The number of guanidine groups is 1. The van der Waals surface area contributed by atoms with Gasteiger partial charge in [0.05, 0.1) is 19.3 Å². The van der Waals surface area contributed by atoms with Gasteiger partial charge in [-0.2, -0.15) is 0 Å². The smallest absolute Gasteiger partial charge is 0.191 e. The Morgan fingerprint density at radius 3 is 3.00 bits per heavy atom. The van der Waals surface area contributed by atoms with E-state index in [1.807, 2.05) is 4.90 Å². The number of hydrogen-bond acceptors (Lipinski definition) is 2. The minimum atomic E-state index is 0.323. The van der Waals surface area contributed by atoms with E-state index < -0.39 is 0 Å². The molecule has 1 heterocycles. The summed E-state index contributed by atoms with van der Waals surface area (Å²) in [6, 6.07) is 0.323. The molecule has 64 valence electrons. The molecule has 11 heavy (non-hydrogen) atoms. The molecule has 0 unspecified atom stereocenters. The molecule has 0 aromatic carbocycles. The third kappa shape index (κ3) is 1.83. The van der Waals surface area contributed by atoms with Crippen molar-refractivity contribution in [2.24, 2.45) is 0 Å². The highest BCUT2D eigenvalue weighted by molar-refractivity contribution is 5.76. The largest absolute Gasteiger partial charge is 0.377 e. The Morgan fingerprint density at radius 2 is 2.45 bits per heavy atom. The molecule has 1 aliphatic rings. The third-order valence-corrected chi connectivity index (χ3v) is 1.89. The predicted molar refractivity (Wildman–Crippen MR) is 43.8 cm³/mol. The van der Waals surface area contributed by atoms with Crippen molar-refractivity contribution in [3.8, 4) is 0 Å². The lowest BCUT2D eigenvalue weighted by atomic mass is 10.3. The summed E-state index contributed by atoms with van der Waals surface area (Å²) in [6.07, 6.45) is 0. The lowest BCUT2D eigenvalue weighted by molar-refractivity contribution is 0.0314. The average molecular weight is 157 g/mol. The Morgan fingerprint density at radius 1 is 1.73 bits per heavy atom. The summed E-state index contributed by atoms with van der Waals surface area (Å²) < 4.78 is 5.24. The molecule has 2 N–H and O–H groups in total. The molecule has 0 aromatic rings. The first-order valence-electron chi connectivity index (χ1n) is 3.86. The minimum absolute atomic E-state index is 0.323. The quantitative estimate of drug-likeness (QED) is 0.380. The highest BCUT2D eigenvalue weighted by Crippen LogP contribution is 2.04. The standard InChI is InChI=1S/C7H15N3O/c1-6-5-11-4-3-10(6)7(8)9-2/h6H,3-5H2,1-2H3,(H2,8,9)/t6-/m1/s1. The SMILES string of the molecule is CNC(=N)N1CCOC[C@H]1C. The highest BCUT2D eigenvalue weighted by atomic mass is 16.5. The van der Waals surface area contributed by atoms with Crippen LogP contribution in [0.5, 0.6) is 0 Å². The molecular weight excluding hydrogens is 142 g/mol. The second-order valence-electron chi connectivity index (χ2n) is 2.72. The Labute approximate surface area is 67.0 Å². The van der Waals surface area contributed by atoms with E-state index in [9.17, 15) is 0 Å². The zero-order valence-corrected chi connectivity index (χ0v) is 7.05. The predicted octanol–water partition coefficient (Wildman–Crippen LogP) is -0.139. The fraction of sp³-hybridized carbons (Fsp3) is 0.857. The van der Waals surface area contributed by atoms with E-state index in [0.29, 0.717) is 12.0 Å². The Kier molecular flexibility index (Phi) is 2.70. The number of nitrogens with zero attached hydrogens (tertiary/aromatic N) is 1. The van der Waals surface area contributed by atoms with E-state index in [2.05, 4.69) is 12.2 Å². The molecule has 1 saturated heterocycles. The maximum Gasteiger partial charge on any atom is 0.191 e. The van der Waals surface area contributed by atoms with Gasteiger partial charge in [-0.15, -0.1) is 0 Å². The first kappa shape index (κ1) is 8.33. The number of nitrogens with one attached hydrogen (secondary N) is 2. The fourth-order valence-corrected chi connectivity index (χ4v) is 1.20. The molecule has 1 rings (SSSR count).